The maximum absolute atomic E-state index is 11.5. The van der Waals surface area contributed by atoms with E-state index in [0.29, 0.717) is 35.5 Å². The zero-order valence-corrected chi connectivity index (χ0v) is 18.6. The number of hydrogen-bond acceptors (Lipinski definition) is 9. The summed E-state index contributed by atoms with van der Waals surface area (Å²) in [5.74, 6) is 0.138. The molecule has 150 valence electrons. The molecule has 28 heavy (non-hydrogen) atoms. The van der Waals surface area contributed by atoms with Crippen molar-refractivity contribution in [3.05, 3.63) is 32.3 Å². The summed E-state index contributed by atoms with van der Waals surface area (Å²) in [7, 11) is 0. The number of carbonyl (C=O) groups is 2. The van der Waals surface area contributed by atoms with E-state index in [2.05, 4.69) is 38.1 Å². The van der Waals surface area contributed by atoms with Crippen molar-refractivity contribution in [1.29, 1.82) is 0 Å². The standard InChI is InChI=1S/C18H20IN3O5S/c1-4-25-15-7-12(6-14(19)17(15)27-11(3)23)9-20-22-18-21-13(10-28-18)8-16(24)26-5-2/h6-7,9-10H,4-5,8H2,1-3H3,(H,21,22). The minimum Gasteiger partial charge on any atom is -0.490 e. The van der Waals surface area contributed by atoms with Crippen LogP contribution in [-0.4, -0.2) is 36.4 Å². The van der Waals surface area contributed by atoms with Gasteiger partial charge in [-0.2, -0.15) is 5.10 Å². The molecule has 1 aromatic carbocycles. The van der Waals surface area contributed by atoms with E-state index in [9.17, 15) is 9.59 Å². The number of hydrazone groups is 1. The summed E-state index contributed by atoms with van der Waals surface area (Å²) in [6.07, 6.45) is 1.73. The summed E-state index contributed by atoms with van der Waals surface area (Å²) < 4.78 is 16.4. The molecule has 2 aromatic rings. The molecule has 0 atom stereocenters. The number of hydrogen-bond donors (Lipinski definition) is 1. The highest BCUT2D eigenvalue weighted by Crippen LogP contribution is 2.34. The van der Waals surface area contributed by atoms with Crippen molar-refractivity contribution >= 4 is 57.2 Å². The number of halogens is 1. The van der Waals surface area contributed by atoms with Gasteiger partial charge in [-0.1, -0.05) is 0 Å². The van der Waals surface area contributed by atoms with Crippen molar-refractivity contribution in [2.75, 3.05) is 18.6 Å². The molecule has 0 aliphatic heterocycles. The summed E-state index contributed by atoms with van der Waals surface area (Å²) >= 11 is 3.42. The average Bonchev–Trinajstić information content (AvgIpc) is 3.05. The Morgan fingerprint density at radius 2 is 2.11 bits per heavy atom. The number of anilines is 1. The minimum absolute atomic E-state index is 0.128. The van der Waals surface area contributed by atoms with Gasteiger partial charge in [0.15, 0.2) is 11.5 Å². The number of rotatable bonds is 9. The van der Waals surface area contributed by atoms with E-state index in [1.807, 2.05) is 13.0 Å². The Morgan fingerprint density at radius 3 is 2.79 bits per heavy atom. The summed E-state index contributed by atoms with van der Waals surface area (Å²) in [6.45, 7) is 5.73. The molecule has 0 spiro atoms. The summed E-state index contributed by atoms with van der Waals surface area (Å²) in [6, 6.07) is 3.56. The summed E-state index contributed by atoms with van der Waals surface area (Å²) in [4.78, 5) is 27.1. The molecule has 10 heteroatoms. The lowest BCUT2D eigenvalue weighted by atomic mass is 10.2. The highest BCUT2D eigenvalue weighted by atomic mass is 127. The van der Waals surface area contributed by atoms with Crippen LogP contribution in [0.3, 0.4) is 0 Å². The highest BCUT2D eigenvalue weighted by Gasteiger charge is 2.14. The fraction of sp³-hybridized carbons (Fsp3) is 0.333. The maximum Gasteiger partial charge on any atom is 0.311 e. The first kappa shape index (κ1) is 22.1. The Morgan fingerprint density at radius 1 is 1.32 bits per heavy atom. The molecular weight excluding hydrogens is 497 g/mol. The lowest BCUT2D eigenvalue weighted by molar-refractivity contribution is -0.142. The quantitative estimate of drug-likeness (QED) is 0.178. The second-order valence-electron chi connectivity index (χ2n) is 5.35. The molecule has 0 fully saturated rings. The first-order chi connectivity index (χ1) is 13.4. The van der Waals surface area contributed by atoms with Gasteiger partial charge in [0.1, 0.15) is 0 Å². The molecule has 0 amide bonds. The molecule has 8 nitrogen and oxygen atoms in total. The number of thiazole rings is 1. The van der Waals surface area contributed by atoms with Crippen LogP contribution >= 0.6 is 33.9 Å². The smallest absolute Gasteiger partial charge is 0.311 e. The van der Waals surface area contributed by atoms with Gasteiger partial charge in [0, 0.05) is 12.3 Å². The molecule has 1 heterocycles. The van der Waals surface area contributed by atoms with Crippen molar-refractivity contribution < 1.29 is 23.8 Å². The van der Waals surface area contributed by atoms with Crippen LogP contribution in [0.5, 0.6) is 11.5 Å². The largest absolute Gasteiger partial charge is 0.490 e. The number of esters is 2. The van der Waals surface area contributed by atoms with Crippen LogP contribution in [0.25, 0.3) is 0 Å². The number of nitrogens with one attached hydrogen (secondary N) is 1. The van der Waals surface area contributed by atoms with Crippen LogP contribution in [0.1, 0.15) is 32.0 Å². The predicted octanol–water partition coefficient (Wildman–Crippen LogP) is 3.62. The first-order valence-electron chi connectivity index (χ1n) is 8.46. The second-order valence-corrected chi connectivity index (χ2v) is 7.37. The number of ether oxygens (including phenoxy) is 3. The van der Waals surface area contributed by atoms with Crippen LogP contribution in [0.2, 0.25) is 0 Å². The third-order valence-electron chi connectivity index (χ3n) is 3.13. The fourth-order valence-electron chi connectivity index (χ4n) is 2.13. The Kier molecular flexibility index (Phi) is 8.64. The van der Waals surface area contributed by atoms with E-state index in [4.69, 9.17) is 14.2 Å². The molecular formula is C18H20IN3O5S. The molecule has 0 aliphatic rings. The lowest BCUT2D eigenvalue weighted by Crippen LogP contribution is -2.07. The molecule has 2 rings (SSSR count). The van der Waals surface area contributed by atoms with Crippen LogP contribution in [0.15, 0.2) is 22.6 Å². The third-order valence-corrected chi connectivity index (χ3v) is 4.73. The van der Waals surface area contributed by atoms with Crippen LogP contribution in [0.4, 0.5) is 5.13 Å². The SMILES string of the molecule is CCOC(=O)Cc1csc(NN=Cc2cc(I)c(OC(C)=O)c(OCC)c2)n1. The summed E-state index contributed by atoms with van der Waals surface area (Å²) in [5.41, 5.74) is 4.22. The van der Waals surface area contributed by atoms with E-state index < -0.39 is 5.97 Å². The Bertz CT molecular complexity index is 869. The Balaban J connectivity index is 2.06. The molecule has 0 saturated heterocycles. The van der Waals surface area contributed by atoms with E-state index in [1.165, 1.54) is 18.3 Å². The maximum atomic E-state index is 11.5. The zero-order chi connectivity index (χ0) is 20.5. The second kappa shape index (κ2) is 11.0. The minimum atomic E-state index is -0.413. The average molecular weight is 517 g/mol. The van der Waals surface area contributed by atoms with Gasteiger partial charge in [-0.3, -0.25) is 15.0 Å². The highest BCUT2D eigenvalue weighted by molar-refractivity contribution is 14.1. The molecule has 0 bridgehead atoms. The Labute approximate surface area is 180 Å². The molecule has 0 saturated carbocycles. The number of nitrogens with zero attached hydrogens (tertiary/aromatic N) is 2. The van der Waals surface area contributed by atoms with Gasteiger partial charge in [-0.05, 0) is 54.1 Å². The fourth-order valence-corrected chi connectivity index (χ4v) is 3.52. The van der Waals surface area contributed by atoms with Crippen molar-refractivity contribution in [3.8, 4) is 11.5 Å². The number of benzene rings is 1. The Hall–Kier alpha value is -2.21. The van der Waals surface area contributed by atoms with Crippen molar-refractivity contribution in [1.82, 2.24) is 4.98 Å². The topological polar surface area (TPSA) is 99.1 Å². The van der Waals surface area contributed by atoms with Gasteiger partial charge in [0.2, 0.25) is 5.13 Å². The van der Waals surface area contributed by atoms with E-state index in [0.717, 1.165) is 9.13 Å². The van der Waals surface area contributed by atoms with Gasteiger partial charge in [-0.15, -0.1) is 11.3 Å². The molecule has 0 aliphatic carbocycles. The lowest BCUT2D eigenvalue weighted by Gasteiger charge is -2.12. The van der Waals surface area contributed by atoms with E-state index in [1.54, 1.807) is 24.6 Å². The van der Waals surface area contributed by atoms with Gasteiger partial charge < -0.3 is 14.2 Å². The van der Waals surface area contributed by atoms with Gasteiger partial charge in [-0.25, -0.2) is 4.98 Å². The zero-order valence-electron chi connectivity index (χ0n) is 15.7. The number of carbonyl (C=O) groups excluding carboxylic acids is 2. The van der Waals surface area contributed by atoms with Gasteiger partial charge >= 0.3 is 11.9 Å². The molecule has 0 radical (unpaired) electrons. The third kappa shape index (κ3) is 6.75. The van der Waals surface area contributed by atoms with Crippen molar-refractivity contribution in [2.45, 2.75) is 27.2 Å². The van der Waals surface area contributed by atoms with Crippen molar-refractivity contribution in [2.24, 2.45) is 5.10 Å². The monoisotopic (exact) mass is 517 g/mol. The normalized spacial score (nSPS) is 10.7. The van der Waals surface area contributed by atoms with Crippen LogP contribution in [0, 0.1) is 3.57 Å². The first-order valence-corrected chi connectivity index (χ1v) is 10.4. The predicted molar refractivity (Wildman–Crippen MR) is 115 cm³/mol. The summed E-state index contributed by atoms with van der Waals surface area (Å²) in [5, 5.41) is 6.50. The van der Waals surface area contributed by atoms with Crippen molar-refractivity contribution in [3.63, 3.8) is 0 Å². The van der Waals surface area contributed by atoms with Crippen LogP contribution in [-0.2, 0) is 20.7 Å². The van der Waals surface area contributed by atoms with E-state index in [-0.39, 0.29) is 12.4 Å². The van der Waals surface area contributed by atoms with E-state index >= 15 is 0 Å². The number of aromatic nitrogens is 1. The van der Waals surface area contributed by atoms with Crippen LogP contribution < -0.4 is 14.9 Å². The molecule has 1 N–H and O–H groups in total. The van der Waals surface area contributed by atoms with Gasteiger partial charge in [0.05, 0.1) is 35.1 Å². The molecule has 0 unspecified atom stereocenters. The molecule has 1 aromatic heterocycles. The van der Waals surface area contributed by atoms with Gasteiger partial charge in [0.25, 0.3) is 0 Å².